The highest BCUT2D eigenvalue weighted by Crippen LogP contribution is 2.39. The first kappa shape index (κ1) is 16.9. The predicted octanol–water partition coefficient (Wildman–Crippen LogP) is 2.97. The Morgan fingerprint density at radius 2 is 2.05 bits per heavy atom. The molecule has 1 aliphatic carbocycles. The van der Waals surface area contributed by atoms with E-state index >= 15 is 0 Å². The average Bonchev–Trinajstić information content (AvgIpc) is 2.26. The van der Waals surface area contributed by atoms with E-state index in [1.807, 2.05) is 0 Å². The molecule has 0 spiro atoms. The molecule has 1 saturated carbocycles. The van der Waals surface area contributed by atoms with Crippen molar-refractivity contribution in [3.05, 3.63) is 0 Å². The maximum atomic E-state index is 9.46. The molecule has 0 amide bonds. The number of aliphatic hydroxyl groups is 1. The summed E-state index contributed by atoms with van der Waals surface area (Å²) in [6, 6.07) is 0. The Kier molecular flexibility index (Phi) is 6.28. The SMILES string of the molecule is CCNC(C)(CO)CCOC1CC(C)CC(C)(C)C1. The molecule has 19 heavy (non-hydrogen) atoms. The van der Waals surface area contributed by atoms with Crippen LogP contribution in [0.3, 0.4) is 0 Å². The van der Waals surface area contributed by atoms with Gasteiger partial charge in [-0.15, -0.1) is 0 Å². The standard InChI is InChI=1S/C16H33NO2/c1-6-17-16(5,12-18)7-8-19-14-9-13(2)10-15(3,4)11-14/h13-14,17-18H,6-12H2,1-5H3. The summed E-state index contributed by atoms with van der Waals surface area (Å²) in [6.45, 7) is 12.9. The zero-order chi connectivity index (χ0) is 14.5. The lowest BCUT2D eigenvalue weighted by Crippen LogP contribution is -2.46. The number of aliphatic hydroxyl groups excluding tert-OH is 1. The minimum Gasteiger partial charge on any atom is -0.394 e. The van der Waals surface area contributed by atoms with E-state index in [2.05, 4.69) is 39.9 Å². The second kappa shape index (κ2) is 7.05. The smallest absolute Gasteiger partial charge is 0.0611 e. The van der Waals surface area contributed by atoms with Crippen LogP contribution in [0.2, 0.25) is 0 Å². The van der Waals surface area contributed by atoms with Crippen LogP contribution in [0.1, 0.15) is 60.3 Å². The van der Waals surface area contributed by atoms with Gasteiger partial charge in [0.2, 0.25) is 0 Å². The van der Waals surface area contributed by atoms with Crippen molar-refractivity contribution in [2.45, 2.75) is 71.9 Å². The molecule has 3 heteroatoms. The molecule has 3 nitrogen and oxygen atoms in total. The highest BCUT2D eigenvalue weighted by Gasteiger charge is 2.32. The zero-order valence-corrected chi connectivity index (χ0v) is 13.5. The molecule has 0 radical (unpaired) electrons. The van der Waals surface area contributed by atoms with Crippen LogP contribution in [0, 0.1) is 11.3 Å². The summed E-state index contributed by atoms with van der Waals surface area (Å²) >= 11 is 0. The fraction of sp³-hybridized carbons (Fsp3) is 1.00. The zero-order valence-electron chi connectivity index (χ0n) is 13.5. The van der Waals surface area contributed by atoms with E-state index in [0.29, 0.717) is 11.5 Å². The third kappa shape index (κ3) is 5.80. The number of hydrogen-bond donors (Lipinski definition) is 2. The van der Waals surface area contributed by atoms with Gasteiger partial charge in [0.05, 0.1) is 12.7 Å². The van der Waals surface area contributed by atoms with Crippen molar-refractivity contribution in [3.63, 3.8) is 0 Å². The quantitative estimate of drug-likeness (QED) is 0.748. The highest BCUT2D eigenvalue weighted by atomic mass is 16.5. The lowest BCUT2D eigenvalue weighted by Gasteiger charge is -2.39. The first-order chi connectivity index (χ1) is 8.80. The number of likely N-dealkylation sites (N-methyl/N-ethyl adjacent to an activating group) is 1. The third-order valence-electron chi connectivity index (χ3n) is 4.31. The van der Waals surface area contributed by atoms with Gasteiger partial charge < -0.3 is 15.2 Å². The molecule has 0 aromatic heterocycles. The third-order valence-corrected chi connectivity index (χ3v) is 4.31. The van der Waals surface area contributed by atoms with Crippen LogP contribution >= 0.6 is 0 Å². The molecule has 0 heterocycles. The van der Waals surface area contributed by atoms with Gasteiger partial charge >= 0.3 is 0 Å². The van der Waals surface area contributed by atoms with E-state index < -0.39 is 0 Å². The number of nitrogens with one attached hydrogen (secondary N) is 1. The van der Waals surface area contributed by atoms with Crippen molar-refractivity contribution in [1.29, 1.82) is 0 Å². The lowest BCUT2D eigenvalue weighted by molar-refractivity contribution is -0.0318. The van der Waals surface area contributed by atoms with Crippen LogP contribution in [0.4, 0.5) is 0 Å². The summed E-state index contributed by atoms with van der Waals surface area (Å²) in [5, 5.41) is 12.8. The maximum absolute atomic E-state index is 9.46. The van der Waals surface area contributed by atoms with Gasteiger partial charge in [-0.1, -0.05) is 27.7 Å². The summed E-state index contributed by atoms with van der Waals surface area (Å²) in [7, 11) is 0. The van der Waals surface area contributed by atoms with E-state index in [1.165, 1.54) is 12.8 Å². The van der Waals surface area contributed by atoms with Crippen LogP contribution in [-0.4, -0.2) is 36.5 Å². The average molecular weight is 271 g/mol. The molecular weight excluding hydrogens is 238 g/mol. The van der Waals surface area contributed by atoms with Gasteiger partial charge in [-0.2, -0.15) is 0 Å². The first-order valence-corrected chi connectivity index (χ1v) is 7.78. The highest BCUT2D eigenvalue weighted by molar-refractivity contribution is 4.85. The predicted molar refractivity (Wildman–Crippen MR) is 80.3 cm³/mol. The van der Waals surface area contributed by atoms with Crippen LogP contribution in [-0.2, 0) is 4.74 Å². The largest absolute Gasteiger partial charge is 0.394 e. The summed E-state index contributed by atoms with van der Waals surface area (Å²) in [5.74, 6) is 0.756. The van der Waals surface area contributed by atoms with E-state index in [9.17, 15) is 5.11 Å². The molecule has 1 rings (SSSR count). The summed E-state index contributed by atoms with van der Waals surface area (Å²) in [4.78, 5) is 0. The van der Waals surface area contributed by atoms with Crippen molar-refractivity contribution in [1.82, 2.24) is 5.32 Å². The van der Waals surface area contributed by atoms with E-state index in [0.717, 1.165) is 31.9 Å². The Bertz CT molecular complexity index is 267. The second-order valence-corrected chi connectivity index (χ2v) is 7.41. The van der Waals surface area contributed by atoms with Gasteiger partial charge in [-0.3, -0.25) is 0 Å². The Balaban J connectivity index is 2.36. The summed E-state index contributed by atoms with van der Waals surface area (Å²) in [6.07, 6.45) is 4.90. The van der Waals surface area contributed by atoms with Crippen molar-refractivity contribution in [2.24, 2.45) is 11.3 Å². The summed E-state index contributed by atoms with van der Waals surface area (Å²) < 4.78 is 6.08. The first-order valence-electron chi connectivity index (χ1n) is 7.78. The van der Waals surface area contributed by atoms with Gasteiger partial charge in [-0.05, 0) is 50.5 Å². The summed E-state index contributed by atoms with van der Waals surface area (Å²) in [5.41, 5.74) is 0.203. The fourth-order valence-corrected chi connectivity index (χ4v) is 3.49. The number of hydrogen-bond acceptors (Lipinski definition) is 3. The maximum Gasteiger partial charge on any atom is 0.0611 e. The Labute approximate surface area is 119 Å². The van der Waals surface area contributed by atoms with E-state index in [4.69, 9.17) is 4.74 Å². The minimum absolute atomic E-state index is 0.163. The van der Waals surface area contributed by atoms with Crippen LogP contribution < -0.4 is 5.32 Å². The van der Waals surface area contributed by atoms with Crippen LogP contribution in [0.15, 0.2) is 0 Å². The van der Waals surface area contributed by atoms with Crippen LogP contribution in [0.25, 0.3) is 0 Å². The molecule has 114 valence electrons. The lowest BCUT2D eigenvalue weighted by atomic mass is 9.71. The number of ether oxygens (including phenoxy) is 1. The van der Waals surface area contributed by atoms with E-state index in [1.54, 1.807) is 0 Å². The van der Waals surface area contributed by atoms with Gasteiger partial charge in [0.15, 0.2) is 0 Å². The Hall–Kier alpha value is -0.120. The normalized spacial score (nSPS) is 30.0. The van der Waals surface area contributed by atoms with Gasteiger partial charge in [0, 0.05) is 12.1 Å². The Morgan fingerprint density at radius 1 is 1.37 bits per heavy atom. The molecule has 0 saturated heterocycles. The van der Waals surface area contributed by atoms with Crippen molar-refractivity contribution in [3.8, 4) is 0 Å². The van der Waals surface area contributed by atoms with Gasteiger partial charge in [0.1, 0.15) is 0 Å². The molecule has 1 fully saturated rings. The fourth-order valence-electron chi connectivity index (χ4n) is 3.49. The molecule has 2 N–H and O–H groups in total. The minimum atomic E-state index is -0.204. The molecule has 0 bridgehead atoms. The molecule has 3 atom stereocenters. The van der Waals surface area contributed by atoms with Crippen LogP contribution in [0.5, 0.6) is 0 Å². The molecule has 3 unspecified atom stereocenters. The molecule has 0 aromatic carbocycles. The molecule has 1 aliphatic rings. The number of rotatable bonds is 7. The molecular formula is C16H33NO2. The topological polar surface area (TPSA) is 41.5 Å². The van der Waals surface area contributed by atoms with Crippen molar-refractivity contribution in [2.75, 3.05) is 19.8 Å². The van der Waals surface area contributed by atoms with Gasteiger partial charge in [0.25, 0.3) is 0 Å². The van der Waals surface area contributed by atoms with Crippen molar-refractivity contribution >= 4 is 0 Å². The molecule has 0 aliphatic heterocycles. The molecule has 0 aromatic rings. The van der Waals surface area contributed by atoms with Crippen molar-refractivity contribution < 1.29 is 9.84 Å². The monoisotopic (exact) mass is 271 g/mol. The van der Waals surface area contributed by atoms with Gasteiger partial charge in [-0.25, -0.2) is 0 Å². The van der Waals surface area contributed by atoms with E-state index in [-0.39, 0.29) is 12.1 Å². The Morgan fingerprint density at radius 3 is 2.58 bits per heavy atom. The second-order valence-electron chi connectivity index (χ2n) is 7.41.